The summed E-state index contributed by atoms with van der Waals surface area (Å²) >= 11 is 2.13. The fourth-order valence-electron chi connectivity index (χ4n) is 1.68. The Bertz CT molecular complexity index is 785. The summed E-state index contributed by atoms with van der Waals surface area (Å²) in [6.07, 6.45) is 0. The van der Waals surface area contributed by atoms with Gasteiger partial charge in [0.25, 0.3) is 10.0 Å². The molecule has 0 saturated heterocycles. The second kappa shape index (κ2) is 6.02. The van der Waals surface area contributed by atoms with Crippen LogP contribution >= 0.6 is 22.6 Å². The van der Waals surface area contributed by atoms with Crippen LogP contribution in [0.2, 0.25) is 0 Å². The van der Waals surface area contributed by atoms with Crippen LogP contribution in [-0.4, -0.2) is 19.5 Å². The minimum absolute atomic E-state index is 0.100. The number of hydrogen-bond donors (Lipinski definition) is 2. The molecule has 2 N–H and O–H groups in total. The lowest BCUT2D eigenvalue weighted by Crippen LogP contribution is -2.13. The quantitative estimate of drug-likeness (QED) is 0.750. The number of halogens is 1. The highest BCUT2D eigenvalue weighted by Crippen LogP contribution is 2.20. The third-order valence-electron chi connectivity index (χ3n) is 2.82. The summed E-state index contributed by atoms with van der Waals surface area (Å²) in [5.41, 5.74) is 1.29. The lowest BCUT2D eigenvalue weighted by atomic mass is 10.2. The van der Waals surface area contributed by atoms with Crippen molar-refractivity contribution < 1.29 is 18.3 Å². The number of nitrogens with one attached hydrogen (secondary N) is 1. The van der Waals surface area contributed by atoms with Crippen molar-refractivity contribution in [2.24, 2.45) is 0 Å². The van der Waals surface area contributed by atoms with Crippen LogP contribution in [0.1, 0.15) is 15.9 Å². The standard InChI is InChI=1S/C14H12INO4S/c1-9-8-12(6-7-13(9)15)21(19,20)16-11-4-2-10(3-5-11)14(17)18/h2-8,16H,1H3,(H,17,18). The summed E-state index contributed by atoms with van der Waals surface area (Å²) in [6, 6.07) is 10.4. The molecule has 0 bridgehead atoms. The van der Waals surface area contributed by atoms with Crippen LogP contribution in [0, 0.1) is 10.5 Å². The molecule has 21 heavy (non-hydrogen) atoms. The van der Waals surface area contributed by atoms with Crippen molar-refractivity contribution in [1.82, 2.24) is 0 Å². The van der Waals surface area contributed by atoms with Gasteiger partial charge in [0.05, 0.1) is 10.5 Å². The SMILES string of the molecule is Cc1cc(S(=O)(=O)Nc2ccc(C(=O)O)cc2)ccc1I. The highest BCUT2D eigenvalue weighted by molar-refractivity contribution is 14.1. The Kier molecular flexibility index (Phi) is 4.52. The molecule has 0 heterocycles. The Balaban J connectivity index is 2.28. The van der Waals surface area contributed by atoms with Gasteiger partial charge in [0.15, 0.2) is 0 Å². The van der Waals surface area contributed by atoms with E-state index in [4.69, 9.17) is 5.11 Å². The summed E-state index contributed by atoms with van der Waals surface area (Å²) in [7, 11) is -3.69. The number of carbonyl (C=O) groups is 1. The minimum atomic E-state index is -3.69. The normalized spacial score (nSPS) is 11.1. The van der Waals surface area contributed by atoms with Crippen molar-refractivity contribution in [2.45, 2.75) is 11.8 Å². The van der Waals surface area contributed by atoms with Gasteiger partial charge < -0.3 is 5.11 Å². The topological polar surface area (TPSA) is 83.5 Å². The van der Waals surface area contributed by atoms with E-state index in [9.17, 15) is 13.2 Å². The molecule has 0 spiro atoms. The van der Waals surface area contributed by atoms with Crippen molar-refractivity contribution in [2.75, 3.05) is 4.72 Å². The van der Waals surface area contributed by atoms with Crippen LogP contribution in [-0.2, 0) is 10.0 Å². The van der Waals surface area contributed by atoms with Crippen LogP contribution < -0.4 is 4.72 Å². The monoisotopic (exact) mass is 417 g/mol. The van der Waals surface area contributed by atoms with E-state index in [-0.39, 0.29) is 10.5 Å². The number of anilines is 1. The predicted molar refractivity (Wildman–Crippen MR) is 88.1 cm³/mol. The molecule has 0 saturated carbocycles. The van der Waals surface area contributed by atoms with Crippen molar-refractivity contribution in [3.8, 4) is 0 Å². The van der Waals surface area contributed by atoms with Gasteiger partial charge in [-0.05, 0) is 77.5 Å². The molecule has 0 unspecified atom stereocenters. The Morgan fingerprint density at radius 2 is 1.76 bits per heavy atom. The van der Waals surface area contributed by atoms with Crippen LogP contribution in [0.5, 0.6) is 0 Å². The molecule has 7 heteroatoms. The third kappa shape index (κ3) is 3.73. The van der Waals surface area contributed by atoms with Crippen LogP contribution in [0.3, 0.4) is 0 Å². The summed E-state index contributed by atoms with van der Waals surface area (Å²) in [5, 5.41) is 8.80. The largest absolute Gasteiger partial charge is 0.478 e. The van der Waals surface area contributed by atoms with Gasteiger partial charge in [-0.15, -0.1) is 0 Å². The van der Waals surface area contributed by atoms with Gasteiger partial charge in [-0.1, -0.05) is 0 Å². The molecule has 2 rings (SSSR count). The zero-order valence-electron chi connectivity index (χ0n) is 11.0. The molecule has 0 amide bonds. The molecule has 0 aromatic heterocycles. The van der Waals surface area contributed by atoms with Gasteiger partial charge in [0.1, 0.15) is 0 Å². The van der Waals surface area contributed by atoms with Crippen LogP contribution in [0.25, 0.3) is 0 Å². The number of benzene rings is 2. The Morgan fingerprint density at radius 3 is 2.29 bits per heavy atom. The predicted octanol–water partition coefficient (Wildman–Crippen LogP) is 3.10. The molecule has 2 aromatic rings. The summed E-state index contributed by atoms with van der Waals surface area (Å²) in [5.74, 6) is -1.06. The fourth-order valence-corrected chi connectivity index (χ4v) is 3.16. The molecule has 0 atom stereocenters. The van der Waals surface area contributed by atoms with Gasteiger partial charge in [0, 0.05) is 9.26 Å². The van der Waals surface area contributed by atoms with Crippen molar-refractivity contribution in [1.29, 1.82) is 0 Å². The van der Waals surface area contributed by atoms with Gasteiger partial charge in [-0.3, -0.25) is 4.72 Å². The van der Waals surface area contributed by atoms with Crippen molar-refractivity contribution in [3.63, 3.8) is 0 Å². The van der Waals surface area contributed by atoms with Crippen molar-refractivity contribution in [3.05, 3.63) is 57.2 Å². The molecule has 0 aliphatic heterocycles. The van der Waals surface area contributed by atoms with E-state index in [0.717, 1.165) is 9.13 Å². The molecular weight excluding hydrogens is 405 g/mol. The maximum Gasteiger partial charge on any atom is 0.335 e. The molecule has 0 fully saturated rings. The van der Waals surface area contributed by atoms with Gasteiger partial charge in [-0.2, -0.15) is 0 Å². The summed E-state index contributed by atoms with van der Waals surface area (Å²) in [4.78, 5) is 10.9. The molecule has 0 radical (unpaired) electrons. The average molecular weight is 417 g/mol. The zero-order chi connectivity index (χ0) is 15.6. The number of rotatable bonds is 4. The Labute approximate surface area is 136 Å². The van der Waals surface area contributed by atoms with Gasteiger partial charge in [0.2, 0.25) is 0 Å². The molecule has 0 aliphatic carbocycles. The first-order valence-electron chi connectivity index (χ1n) is 5.92. The Morgan fingerprint density at radius 1 is 1.14 bits per heavy atom. The maximum atomic E-state index is 12.3. The minimum Gasteiger partial charge on any atom is -0.478 e. The molecule has 5 nitrogen and oxygen atoms in total. The molecular formula is C14H12INO4S. The number of hydrogen-bond acceptors (Lipinski definition) is 3. The number of carboxylic acids is 1. The van der Waals surface area contributed by atoms with E-state index in [1.807, 2.05) is 6.92 Å². The third-order valence-corrected chi connectivity index (χ3v) is 5.41. The molecule has 0 aliphatic rings. The van der Waals surface area contributed by atoms with Crippen LogP contribution in [0.4, 0.5) is 5.69 Å². The van der Waals surface area contributed by atoms with Crippen LogP contribution in [0.15, 0.2) is 47.4 Å². The lowest BCUT2D eigenvalue weighted by Gasteiger charge is -2.09. The fraction of sp³-hybridized carbons (Fsp3) is 0.0714. The Hall–Kier alpha value is -1.61. The van der Waals surface area contributed by atoms with E-state index >= 15 is 0 Å². The first-order chi connectivity index (χ1) is 9.79. The number of carboxylic acid groups (broad SMARTS) is 1. The highest BCUT2D eigenvalue weighted by Gasteiger charge is 2.15. The smallest absolute Gasteiger partial charge is 0.335 e. The van der Waals surface area contributed by atoms with E-state index in [1.54, 1.807) is 12.1 Å². The zero-order valence-corrected chi connectivity index (χ0v) is 14.0. The van der Waals surface area contributed by atoms with E-state index < -0.39 is 16.0 Å². The average Bonchev–Trinajstić information content (AvgIpc) is 2.42. The van der Waals surface area contributed by atoms with Gasteiger partial charge >= 0.3 is 5.97 Å². The second-order valence-electron chi connectivity index (χ2n) is 4.40. The van der Waals surface area contributed by atoms with E-state index in [2.05, 4.69) is 27.3 Å². The number of aryl methyl sites for hydroxylation is 1. The number of aromatic carboxylic acids is 1. The second-order valence-corrected chi connectivity index (χ2v) is 7.24. The highest BCUT2D eigenvalue weighted by atomic mass is 127. The number of sulfonamides is 1. The maximum absolute atomic E-state index is 12.3. The van der Waals surface area contributed by atoms with Gasteiger partial charge in [-0.25, -0.2) is 13.2 Å². The summed E-state index contributed by atoms with van der Waals surface area (Å²) < 4.78 is 27.9. The molecule has 110 valence electrons. The summed E-state index contributed by atoms with van der Waals surface area (Å²) in [6.45, 7) is 1.84. The molecule has 2 aromatic carbocycles. The van der Waals surface area contributed by atoms with E-state index in [1.165, 1.54) is 30.3 Å². The lowest BCUT2D eigenvalue weighted by molar-refractivity contribution is 0.0697. The van der Waals surface area contributed by atoms with E-state index in [0.29, 0.717) is 5.69 Å². The first kappa shape index (κ1) is 15.8. The van der Waals surface area contributed by atoms with Crippen molar-refractivity contribution >= 4 is 44.3 Å². The first-order valence-corrected chi connectivity index (χ1v) is 8.48.